The van der Waals surface area contributed by atoms with Gasteiger partial charge >= 0.3 is 0 Å². The summed E-state index contributed by atoms with van der Waals surface area (Å²) in [6.45, 7) is 9.64. The van der Waals surface area contributed by atoms with Gasteiger partial charge in [-0.05, 0) is 62.8 Å². The van der Waals surface area contributed by atoms with E-state index >= 15 is 0 Å². The highest BCUT2D eigenvalue weighted by atomic mass is 16.5. The second-order valence-corrected chi connectivity index (χ2v) is 8.02. The fourth-order valence-electron chi connectivity index (χ4n) is 3.15. The summed E-state index contributed by atoms with van der Waals surface area (Å²) in [5.74, 6) is 0.719. The number of carbonyl (C=O) groups is 1. The molecule has 0 aliphatic rings. The van der Waals surface area contributed by atoms with Gasteiger partial charge in [0.05, 0.1) is 19.4 Å². The zero-order chi connectivity index (χ0) is 24.2. The molecule has 1 rings (SSSR count). The number of methoxy groups -OCH3 is 1. The summed E-state index contributed by atoms with van der Waals surface area (Å²) in [7, 11) is 3.36. The monoisotopic (exact) mass is 457 g/mol. The number of carbonyl (C=O) groups excluding carboxylic acids is 1. The lowest BCUT2D eigenvalue weighted by molar-refractivity contribution is -0.117. The number of rotatable bonds is 20. The van der Waals surface area contributed by atoms with Crippen LogP contribution in [0.15, 0.2) is 61.0 Å². The van der Waals surface area contributed by atoms with Crippen LogP contribution in [-0.2, 0) is 9.53 Å². The van der Waals surface area contributed by atoms with Crippen LogP contribution in [0, 0.1) is 0 Å². The molecule has 0 saturated heterocycles. The van der Waals surface area contributed by atoms with Crippen molar-refractivity contribution in [1.29, 1.82) is 0 Å². The van der Waals surface area contributed by atoms with Crippen molar-refractivity contribution in [2.75, 3.05) is 39.2 Å². The number of amides is 1. The summed E-state index contributed by atoms with van der Waals surface area (Å²) in [6.07, 6.45) is 14.9. The molecule has 0 fully saturated rings. The first-order chi connectivity index (χ1) is 16.1. The Bertz CT molecular complexity index is 714. The minimum atomic E-state index is -0.119. The van der Waals surface area contributed by atoms with E-state index in [1.165, 1.54) is 25.7 Å². The number of anilines is 1. The number of allylic oxidation sites excluding steroid dienone is 2. The third-order valence-electron chi connectivity index (χ3n) is 5.17. The standard InChI is InChI=1S/C27H43N3O3/c1-23(30-25-16-18-26(32-4)19-17-25)22-33-21-15-13-11-9-7-5-6-8-10-12-14-20-29-27(31)24(2)28-3/h6,8,16-19,28,30H,1-2,5,7,9-15,20-22H2,3-4H3,(H,29,31)/b8-6-. The summed E-state index contributed by atoms with van der Waals surface area (Å²) in [5, 5.41) is 8.85. The quantitative estimate of drug-likeness (QED) is 0.136. The number of unbranched alkanes of at least 4 members (excludes halogenated alkanes) is 7. The summed E-state index contributed by atoms with van der Waals surface area (Å²) < 4.78 is 10.9. The van der Waals surface area contributed by atoms with E-state index in [4.69, 9.17) is 9.47 Å². The number of nitrogens with one attached hydrogen (secondary N) is 3. The Morgan fingerprint density at radius 1 is 0.939 bits per heavy atom. The second kappa shape index (κ2) is 18.8. The van der Waals surface area contributed by atoms with E-state index in [0.29, 0.717) is 18.8 Å². The van der Waals surface area contributed by atoms with Crippen LogP contribution in [0.4, 0.5) is 5.69 Å². The average molecular weight is 458 g/mol. The van der Waals surface area contributed by atoms with Gasteiger partial charge in [0.25, 0.3) is 5.91 Å². The Morgan fingerprint density at radius 3 is 2.24 bits per heavy atom. The molecule has 0 radical (unpaired) electrons. The van der Waals surface area contributed by atoms with Crippen molar-refractivity contribution < 1.29 is 14.3 Å². The highest BCUT2D eigenvalue weighted by Gasteiger charge is 2.02. The van der Waals surface area contributed by atoms with Crippen molar-refractivity contribution in [3.05, 3.63) is 61.0 Å². The molecule has 6 nitrogen and oxygen atoms in total. The van der Waals surface area contributed by atoms with Gasteiger partial charge in [-0.15, -0.1) is 0 Å². The molecule has 6 heteroatoms. The summed E-state index contributed by atoms with van der Waals surface area (Å²) in [4.78, 5) is 11.5. The zero-order valence-corrected chi connectivity index (χ0v) is 20.6. The van der Waals surface area contributed by atoms with Gasteiger partial charge in [0.1, 0.15) is 5.75 Å². The van der Waals surface area contributed by atoms with Crippen LogP contribution in [0.25, 0.3) is 0 Å². The largest absolute Gasteiger partial charge is 0.497 e. The van der Waals surface area contributed by atoms with Crippen molar-refractivity contribution in [2.24, 2.45) is 0 Å². The molecule has 1 aromatic rings. The average Bonchev–Trinajstić information content (AvgIpc) is 2.83. The van der Waals surface area contributed by atoms with Crippen LogP contribution in [0.1, 0.15) is 57.8 Å². The molecule has 0 aliphatic carbocycles. The number of hydrogen-bond donors (Lipinski definition) is 3. The van der Waals surface area contributed by atoms with E-state index in [0.717, 1.165) is 55.8 Å². The summed E-state index contributed by atoms with van der Waals surface area (Å²) in [5.41, 5.74) is 2.25. The van der Waals surface area contributed by atoms with Gasteiger partial charge in [0, 0.05) is 31.6 Å². The van der Waals surface area contributed by atoms with Crippen molar-refractivity contribution in [1.82, 2.24) is 10.6 Å². The highest BCUT2D eigenvalue weighted by molar-refractivity contribution is 5.91. The van der Waals surface area contributed by atoms with Crippen LogP contribution in [0.2, 0.25) is 0 Å². The van der Waals surface area contributed by atoms with E-state index in [9.17, 15) is 4.79 Å². The number of likely N-dealkylation sites (N-methyl/N-ethyl adjacent to an activating group) is 1. The third-order valence-corrected chi connectivity index (χ3v) is 5.17. The fraction of sp³-hybridized carbons (Fsp3) is 0.519. The maximum Gasteiger partial charge on any atom is 0.266 e. The SMILES string of the molecule is C=C(COCCCCCCC/C=C\CCCCNC(=O)C(=C)NC)Nc1ccc(OC)cc1. The van der Waals surface area contributed by atoms with Crippen LogP contribution < -0.4 is 20.7 Å². The summed E-state index contributed by atoms with van der Waals surface area (Å²) in [6, 6.07) is 7.76. The predicted octanol–water partition coefficient (Wildman–Crippen LogP) is 5.55. The van der Waals surface area contributed by atoms with E-state index in [2.05, 4.69) is 41.3 Å². The molecule has 1 aromatic carbocycles. The lowest BCUT2D eigenvalue weighted by Gasteiger charge is -2.11. The van der Waals surface area contributed by atoms with Gasteiger partial charge in [0.15, 0.2) is 0 Å². The van der Waals surface area contributed by atoms with E-state index in [-0.39, 0.29) is 5.91 Å². The molecule has 0 saturated carbocycles. The van der Waals surface area contributed by atoms with Gasteiger partial charge in [0.2, 0.25) is 0 Å². The van der Waals surface area contributed by atoms with Crippen LogP contribution >= 0.6 is 0 Å². The zero-order valence-electron chi connectivity index (χ0n) is 20.6. The summed E-state index contributed by atoms with van der Waals surface area (Å²) >= 11 is 0. The molecule has 184 valence electrons. The van der Waals surface area contributed by atoms with Gasteiger partial charge in [-0.2, -0.15) is 0 Å². The molecule has 0 aromatic heterocycles. The molecule has 0 atom stereocenters. The van der Waals surface area contributed by atoms with E-state index in [1.807, 2.05) is 24.3 Å². The fourth-order valence-corrected chi connectivity index (χ4v) is 3.15. The molecule has 0 unspecified atom stereocenters. The number of hydrogen-bond acceptors (Lipinski definition) is 5. The highest BCUT2D eigenvalue weighted by Crippen LogP contribution is 2.16. The van der Waals surface area contributed by atoms with Gasteiger partial charge in [-0.25, -0.2) is 0 Å². The maximum atomic E-state index is 11.5. The Morgan fingerprint density at radius 2 is 1.58 bits per heavy atom. The first-order valence-corrected chi connectivity index (χ1v) is 12.0. The van der Waals surface area contributed by atoms with Crippen molar-refractivity contribution in [3.8, 4) is 5.75 Å². The van der Waals surface area contributed by atoms with Gasteiger partial charge in [-0.3, -0.25) is 4.79 Å². The molecular formula is C27H43N3O3. The molecule has 0 spiro atoms. The third kappa shape index (κ3) is 14.9. The molecule has 3 N–H and O–H groups in total. The topological polar surface area (TPSA) is 71.6 Å². The molecule has 0 bridgehead atoms. The molecule has 0 heterocycles. The van der Waals surface area contributed by atoms with E-state index < -0.39 is 0 Å². The van der Waals surface area contributed by atoms with Crippen LogP contribution in [-0.4, -0.2) is 39.8 Å². The lowest BCUT2D eigenvalue weighted by Crippen LogP contribution is -2.30. The number of ether oxygens (including phenoxy) is 2. The minimum absolute atomic E-state index is 0.119. The molecular weight excluding hydrogens is 414 g/mol. The van der Waals surface area contributed by atoms with Crippen LogP contribution in [0.5, 0.6) is 5.75 Å². The predicted molar refractivity (Wildman–Crippen MR) is 138 cm³/mol. The molecule has 33 heavy (non-hydrogen) atoms. The first-order valence-electron chi connectivity index (χ1n) is 12.0. The van der Waals surface area contributed by atoms with Crippen molar-refractivity contribution in [3.63, 3.8) is 0 Å². The maximum absolute atomic E-state index is 11.5. The van der Waals surface area contributed by atoms with E-state index in [1.54, 1.807) is 14.2 Å². The Kier molecular flexibility index (Phi) is 16.1. The second-order valence-electron chi connectivity index (χ2n) is 8.02. The van der Waals surface area contributed by atoms with Crippen LogP contribution in [0.3, 0.4) is 0 Å². The van der Waals surface area contributed by atoms with Crippen molar-refractivity contribution in [2.45, 2.75) is 57.8 Å². The lowest BCUT2D eigenvalue weighted by atomic mass is 10.1. The normalized spacial score (nSPS) is 10.7. The van der Waals surface area contributed by atoms with Gasteiger partial charge in [-0.1, -0.05) is 44.6 Å². The first kappa shape index (κ1) is 28.3. The van der Waals surface area contributed by atoms with Gasteiger partial charge < -0.3 is 25.4 Å². The smallest absolute Gasteiger partial charge is 0.266 e. The molecule has 0 aliphatic heterocycles. The Labute approximate surface area is 200 Å². The Balaban J connectivity index is 1.86. The Hall–Kier alpha value is -2.73. The minimum Gasteiger partial charge on any atom is -0.497 e. The number of benzene rings is 1. The van der Waals surface area contributed by atoms with Crippen molar-refractivity contribution >= 4 is 11.6 Å². The molecule has 1 amide bonds.